The molecule has 2 aromatic carbocycles. The minimum atomic E-state index is -3.51. The molecule has 1 aromatic heterocycles. The highest BCUT2D eigenvalue weighted by molar-refractivity contribution is 7.92. The maximum Gasteiger partial charge on any atom is 0.257 e. The van der Waals surface area contributed by atoms with Gasteiger partial charge < -0.3 is 9.84 Å². The number of amides is 1. The fraction of sp³-hybridized carbons (Fsp3) is 0.357. The molecule has 2 aliphatic rings. The van der Waals surface area contributed by atoms with E-state index < -0.39 is 37.6 Å². The average molecular weight is 594 g/mol. The molecule has 0 radical (unpaired) electrons. The van der Waals surface area contributed by atoms with Gasteiger partial charge in [0.15, 0.2) is 15.6 Å². The first kappa shape index (κ1) is 28.0. The largest absolute Gasteiger partial charge is 0.386 e. The van der Waals surface area contributed by atoms with Crippen LogP contribution in [0.2, 0.25) is 10.0 Å². The second-order valence-corrected chi connectivity index (χ2v) is 14.0. The summed E-state index contributed by atoms with van der Waals surface area (Å²) in [6.45, 7) is 2.62. The Balaban J connectivity index is 1.76. The van der Waals surface area contributed by atoms with Crippen LogP contribution in [0.5, 0.6) is 0 Å². The Hall–Kier alpha value is -2.56. The topological polar surface area (TPSA) is 96.8 Å². The van der Waals surface area contributed by atoms with Crippen molar-refractivity contribution in [2.24, 2.45) is 0 Å². The van der Waals surface area contributed by atoms with Crippen LogP contribution in [-0.2, 0) is 32.4 Å². The molecule has 1 aliphatic carbocycles. The van der Waals surface area contributed by atoms with E-state index in [1.54, 1.807) is 36.4 Å². The summed E-state index contributed by atoms with van der Waals surface area (Å²) in [5.41, 5.74) is -2.30. The van der Waals surface area contributed by atoms with Gasteiger partial charge in [-0.2, -0.15) is 0 Å². The lowest BCUT2D eigenvalue weighted by Crippen LogP contribution is -2.49. The van der Waals surface area contributed by atoms with Crippen LogP contribution in [0.1, 0.15) is 59.4 Å². The predicted molar refractivity (Wildman–Crippen MR) is 146 cm³/mol. The molecule has 7 nitrogen and oxygen atoms in total. The van der Waals surface area contributed by atoms with Crippen molar-refractivity contribution in [2.45, 2.75) is 49.3 Å². The van der Waals surface area contributed by atoms with Gasteiger partial charge in [-0.3, -0.25) is 14.7 Å². The van der Waals surface area contributed by atoms with E-state index in [1.807, 2.05) is 0 Å². The van der Waals surface area contributed by atoms with Crippen molar-refractivity contribution < 1.29 is 27.4 Å². The maximum absolute atomic E-state index is 16.2. The summed E-state index contributed by atoms with van der Waals surface area (Å²) in [5.74, 6) is -1.34. The van der Waals surface area contributed by atoms with Crippen molar-refractivity contribution in [3.8, 4) is 0 Å². The Labute approximate surface area is 236 Å². The highest BCUT2D eigenvalue weighted by Crippen LogP contribution is 2.51. The van der Waals surface area contributed by atoms with Crippen LogP contribution in [0.15, 0.2) is 54.7 Å². The van der Waals surface area contributed by atoms with Gasteiger partial charge in [-0.25, -0.2) is 12.8 Å². The molecule has 0 bridgehead atoms. The lowest BCUT2D eigenvalue weighted by atomic mass is 9.88. The van der Waals surface area contributed by atoms with Crippen LogP contribution in [0.3, 0.4) is 0 Å². The summed E-state index contributed by atoms with van der Waals surface area (Å²) < 4.78 is 46.9. The summed E-state index contributed by atoms with van der Waals surface area (Å²) in [6.07, 6.45) is 3.37. The van der Waals surface area contributed by atoms with Crippen molar-refractivity contribution >= 4 is 38.9 Å². The second-order valence-electron chi connectivity index (χ2n) is 10.7. The summed E-state index contributed by atoms with van der Waals surface area (Å²) in [4.78, 5) is 19.8. The predicted octanol–water partition coefficient (Wildman–Crippen LogP) is 5.21. The molecule has 1 fully saturated rings. The van der Waals surface area contributed by atoms with Gasteiger partial charge in [0.2, 0.25) is 0 Å². The minimum Gasteiger partial charge on any atom is -0.386 e. The number of carbonyl (C=O) groups is 1. The molecule has 39 heavy (non-hydrogen) atoms. The molecule has 1 atom stereocenters. The van der Waals surface area contributed by atoms with E-state index in [-0.39, 0.29) is 29.8 Å². The number of benzene rings is 2. The van der Waals surface area contributed by atoms with E-state index in [0.717, 1.165) is 6.26 Å². The Morgan fingerprint density at radius 1 is 1.10 bits per heavy atom. The number of pyridine rings is 1. The first-order chi connectivity index (χ1) is 18.2. The third kappa shape index (κ3) is 4.85. The zero-order valence-electron chi connectivity index (χ0n) is 21.5. The molecule has 1 saturated carbocycles. The number of sulfone groups is 1. The van der Waals surface area contributed by atoms with E-state index in [9.17, 15) is 18.3 Å². The maximum atomic E-state index is 16.2. The molecule has 3 aromatic rings. The molecule has 11 heteroatoms. The van der Waals surface area contributed by atoms with E-state index in [2.05, 4.69) is 4.98 Å². The molecule has 1 aliphatic heterocycles. The van der Waals surface area contributed by atoms with Crippen LogP contribution in [0.25, 0.3) is 0 Å². The monoisotopic (exact) mass is 592 g/mol. The van der Waals surface area contributed by atoms with Gasteiger partial charge in [-0.1, -0.05) is 35.3 Å². The van der Waals surface area contributed by atoms with Gasteiger partial charge in [-0.15, -0.1) is 0 Å². The van der Waals surface area contributed by atoms with Crippen LogP contribution in [0, 0.1) is 5.82 Å². The zero-order valence-corrected chi connectivity index (χ0v) is 23.9. The molecule has 2 heterocycles. The van der Waals surface area contributed by atoms with Gasteiger partial charge in [0.25, 0.3) is 5.91 Å². The van der Waals surface area contributed by atoms with Crippen molar-refractivity contribution in [2.75, 3.05) is 12.9 Å². The fourth-order valence-corrected chi connectivity index (χ4v) is 6.30. The highest BCUT2D eigenvalue weighted by Gasteiger charge is 2.59. The smallest absolute Gasteiger partial charge is 0.257 e. The number of rotatable bonds is 8. The number of hydrogen-bond donors (Lipinski definition) is 1. The van der Waals surface area contributed by atoms with E-state index in [1.165, 1.54) is 37.1 Å². The number of aromatic nitrogens is 1. The molecule has 5 rings (SSSR count). The quantitative estimate of drug-likeness (QED) is 0.386. The van der Waals surface area contributed by atoms with Crippen LogP contribution in [-0.4, -0.2) is 46.9 Å². The zero-order chi connectivity index (χ0) is 28.4. The first-order valence-electron chi connectivity index (χ1n) is 12.3. The molecule has 0 saturated heterocycles. The molecule has 1 N–H and O–H groups in total. The summed E-state index contributed by atoms with van der Waals surface area (Å²) in [5, 5.41) is 11.4. The van der Waals surface area contributed by atoms with Gasteiger partial charge in [0, 0.05) is 23.0 Å². The van der Waals surface area contributed by atoms with Crippen LogP contribution < -0.4 is 0 Å². The van der Waals surface area contributed by atoms with Crippen molar-refractivity contribution in [1.29, 1.82) is 0 Å². The second kappa shape index (κ2) is 9.52. The van der Waals surface area contributed by atoms with E-state index in [0.29, 0.717) is 34.1 Å². The molecule has 1 amide bonds. The minimum absolute atomic E-state index is 0.000223. The Kier molecular flexibility index (Phi) is 6.83. The SMILES string of the molecule is CC(C)(O)c1cc(F)c2c(c1)C(=O)N(Cc1ccc(Cl)cn1)C2(OCC1(S(C)(=O)=O)CC1)c1ccc(Cl)cc1. The number of ether oxygens (including phenoxy) is 1. The number of halogens is 3. The van der Waals surface area contributed by atoms with Crippen LogP contribution >= 0.6 is 23.2 Å². The molecular formula is C28H27Cl2FN2O5S. The van der Waals surface area contributed by atoms with Crippen LogP contribution in [0.4, 0.5) is 4.39 Å². The van der Waals surface area contributed by atoms with Gasteiger partial charge in [-0.05, 0) is 68.7 Å². The lowest BCUT2D eigenvalue weighted by molar-refractivity contribution is -0.114. The normalized spacial score (nSPS) is 20.3. The summed E-state index contributed by atoms with van der Waals surface area (Å²) >= 11 is 12.2. The summed E-state index contributed by atoms with van der Waals surface area (Å²) in [7, 11) is -3.51. The highest BCUT2D eigenvalue weighted by atomic mass is 35.5. The third-order valence-electron chi connectivity index (χ3n) is 7.47. The van der Waals surface area contributed by atoms with Crippen molar-refractivity contribution in [1.82, 2.24) is 9.88 Å². The standard InChI is InChI=1S/C28H27Cl2FN2O5S/c1-26(2,35)18-12-22-24(23(31)13-18)28(17-4-6-19(29)7-5-17,38-16-27(10-11-27)39(3,36)37)33(25(22)34)15-21-9-8-20(30)14-32-21/h4-9,12-14,35H,10-11,15-16H2,1-3H3. The molecular weight excluding hydrogens is 566 g/mol. The third-order valence-corrected chi connectivity index (χ3v) is 10.0. The first-order valence-corrected chi connectivity index (χ1v) is 14.9. The Morgan fingerprint density at radius 3 is 2.28 bits per heavy atom. The van der Waals surface area contributed by atoms with Gasteiger partial charge in [0.1, 0.15) is 5.82 Å². The summed E-state index contributed by atoms with van der Waals surface area (Å²) in [6, 6.07) is 12.3. The average Bonchev–Trinajstić information content (AvgIpc) is 3.62. The van der Waals surface area contributed by atoms with Crippen molar-refractivity contribution in [3.63, 3.8) is 0 Å². The number of nitrogens with zero attached hydrogens (tertiary/aromatic N) is 2. The fourth-order valence-electron chi connectivity index (χ4n) is 4.95. The van der Waals surface area contributed by atoms with E-state index >= 15 is 4.39 Å². The lowest BCUT2D eigenvalue weighted by Gasteiger charge is -2.40. The Bertz CT molecular complexity index is 1550. The number of aliphatic hydroxyl groups is 1. The van der Waals surface area contributed by atoms with Crippen molar-refractivity contribution in [3.05, 3.63) is 98.5 Å². The molecule has 1 unspecified atom stereocenters. The number of fused-ring (bicyclic) bond motifs is 1. The number of carbonyl (C=O) groups excluding carboxylic acids is 1. The van der Waals surface area contributed by atoms with Gasteiger partial charge in [0.05, 0.1) is 45.3 Å². The molecule has 206 valence electrons. The molecule has 0 spiro atoms. The Morgan fingerprint density at radius 2 is 1.74 bits per heavy atom. The van der Waals surface area contributed by atoms with Gasteiger partial charge >= 0.3 is 0 Å². The number of hydrogen-bond acceptors (Lipinski definition) is 6. The van der Waals surface area contributed by atoms with E-state index in [4.69, 9.17) is 27.9 Å².